The molecule has 0 spiro atoms. The SMILES string of the molecule is CCCc1ccc(S(=O)(=O)N2CCCC2C(=O)NO)cc1. The predicted octanol–water partition coefficient (Wildman–Crippen LogP) is 1.30. The van der Waals surface area contributed by atoms with Crippen LogP contribution in [0.25, 0.3) is 0 Å². The number of hydrogen-bond donors (Lipinski definition) is 2. The zero-order chi connectivity index (χ0) is 15.5. The summed E-state index contributed by atoms with van der Waals surface area (Å²) < 4.78 is 26.4. The number of benzene rings is 1. The molecule has 0 aromatic heterocycles. The molecule has 1 aromatic carbocycles. The number of aryl methyl sites for hydroxylation is 1. The number of hydrogen-bond acceptors (Lipinski definition) is 4. The lowest BCUT2D eigenvalue weighted by molar-refractivity contribution is -0.132. The van der Waals surface area contributed by atoms with Crippen LogP contribution in [-0.4, -0.2) is 36.4 Å². The molecule has 2 N–H and O–H groups in total. The molecule has 1 fully saturated rings. The number of hydroxylamine groups is 1. The molecule has 7 heteroatoms. The van der Waals surface area contributed by atoms with Crippen molar-refractivity contribution in [3.63, 3.8) is 0 Å². The van der Waals surface area contributed by atoms with E-state index in [9.17, 15) is 13.2 Å². The molecular formula is C14H20N2O4S. The van der Waals surface area contributed by atoms with Crippen molar-refractivity contribution in [1.29, 1.82) is 0 Å². The minimum atomic E-state index is -3.71. The molecule has 21 heavy (non-hydrogen) atoms. The van der Waals surface area contributed by atoms with Gasteiger partial charge in [-0.05, 0) is 37.0 Å². The standard InChI is InChI=1S/C14H20N2O4S/c1-2-4-11-6-8-12(9-7-11)21(19,20)16-10-3-5-13(16)14(17)15-18/h6-9,13,18H,2-5,10H2,1H3,(H,15,17). The van der Waals surface area contributed by atoms with Crippen molar-refractivity contribution in [1.82, 2.24) is 9.79 Å². The summed E-state index contributed by atoms with van der Waals surface area (Å²) in [5.41, 5.74) is 2.63. The van der Waals surface area contributed by atoms with Gasteiger partial charge in [0.15, 0.2) is 0 Å². The van der Waals surface area contributed by atoms with Gasteiger partial charge in [0.2, 0.25) is 10.0 Å². The van der Waals surface area contributed by atoms with E-state index in [1.54, 1.807) is 29.7 Å². The lowest BCUT2D eigenvalue weighted by atomic mass is 10.1. The molecule has 0 saturated carbocycles. The van der Waals surface area contributed by atoms with Crippen LogP contribution in [0.3, 0.4) is 0 Å². The summed E-state index contributed by atoms with van der Waals surface area (Å²) in [7, 11) is -3.71. The number of carbonyl (C=O) groups is 1. The fraction of sp³-hybridized carbons (Fsp3) is 0.500. The van der Waals surface area contributed by atoms with E-state index in [1.807, 2.05) is 0 Å². The largest absolute Gasteiger partial charge is 0.289 e. The molecule has 1 aromatic rings. The normalized spacial score (nSPS) is 19.6. The maximum Gasteiger partial charge on any atom is 0.261 e. The van der Waals surface area contributed by atoms with Gasteiger partial charge in [0.05, 0.1) is 4.90 Å². The van der Waals surface area contributed by atoms with E-state index >= 15 is 0 Å². The molecule has 0 aliphatic carbocycles. The third kappa shape index (κ3) is 3.25. The summed E-state index contributed by atoms with van der Waals surface area (Å²) in [6, 6.07) is 5.91. The van der Waals surface area contributed by atoms with E-state index in [1.165, 1.54) is 0 Å². The van der Waals surface area contributed by atoms with Crippen LogP contribution in [0.5, 0.6) is 0 Å². The van der Waals surface area contributed by atoms with Gasteiger partial charge < -0.3 is 0 Å². The summed E-state index contributed by atoms with van der Waals surface area (Å²) in [6.45, 7) is 2.35. The maximum absolute atomic E-state index is 12.6. The first-order valence-electron chi connectivity index (χ1n) is 7.05. The average Bonchev–Trinajstić information content (AvgIpc) is 2.97. The quantitative estimate of drug-likeness (QED) is 0.634. The van der Waals surface area contributed by atoms with Gasteiger partial charge in [-0.3, -0.25) is 10.0 Å². The molecule has 1 atom stereocenters. The van der Waals surface area contributed by atoms with Gasteiger partial charge in [-0.1, -0.05) is 25.5 Å². The topological polar surface area (TPSA) is 86.7 Å². The van der Waals surface area contributed by atoms with Crippen molar-refractivity contribution in [2.75, 3.05) is 6.54 Å². The van der Waals surface area contributed by atoms with Gasteiger partial charge in [-0.15, -0.1) is 0 Å². The highest BCUT2D eigenvalue weighted by Gasteiger charge is 2.39. The zero-order valence-corrected chi connectivity index (χ0v) is 12.8. The highest BCUT2D eigenvalue weighted by molar-refractivity contribution is 7.89. The Morgan fingerprint density at radius 2 is 2.05 bits per heavy atom. The first kappa shape index (κ1) is 15.9. The third-order valence-electron chi connectivity index (χ3n) is 3.69. The fourth-order valence-corrected chi connectivity index (χ4v) is 4.27. The Hall–Kier alpha value is -1.44. The maximum atomic E-state index is 12.6. The zero-order valence-electron chi connectivity index (χ0n) is 11.9. The third-order valence-corrected chi connectivity index (χ3v) is 5.61. The van der Waals surface area contributed by atoms with Crippen molar-refractivity contribution in [3.8, 4) is 0 Å². The van der Waals surface area contributed by atoms with Crippen LogP contribution < -0.4 is 5.48 Å². The van der Waals surface area contributed by atoms with Crippen molar-refractivity contribution in [3.05, 3.63) is 29.8 Å². The van der Waals surface area contributed by atoms with Gasteiger partial charge >= 0.3 is 0 Å². The van der Waals surface area contributed by atoms with Gasteiger partial charge in [0.25, 0.3) is 5.91 Å². The number of nitrogens with one attached hydrogen (secondary N) is 1. The van der Waals surface area contributed by atoms with Crippen LogP contribution in [-0.2, 0) is 21.2 Å². The molecule has 1 heterocycles. The van der Waals surface area contributed by atoms with Gasteiger partial charge in [0.1, 0.15) is 6.04 Å². The van der Waals surface area contributed by atoms with E-state index in [0.29, 0.717) is 12.8 Å². The number of nitrogens with zero attached hydrogens (tertiary/aromatic N) is 1. The molecule has 6 nitrogen and oxygen atoms in total. The van der Waals surface area contributed by atoms with Gasteiger partial charge in [-0.2, -0.15) is 4.31 Å². The second-order valence-electron chi connectivity index (χ2n) is 5.14. The van der Waals surface area contributed by atoms with Crippen LogP contribution >= 0.6 is 0 Å². The van der Waals surface area contributed by atoms with E-state index in [-0.39, 0.29) is 11.4 Å². The Morgan fingerprint density at radius 3 is 2.62 bits per heavy atom. The fourth-order valence-electron chi connectivity index (χ4n) is 2.62. The minimum absolute atomic E-state index is 0.181. The van der Waals surface area contributed by atoms with Crippen molar-refractivity contribution < 1.29 is 18.4 Å². The molecule has 1 amide bonds. The van der Waals surface area contributed by atoms with Crippen molar-refractivity contribution in [2.45, 2.75) is 43.5 Å². The predicted molar refractivity (Wildman–Crippen MR) is 77.3 cm³/mol. The second-order valence-corrected chi connectivity index (χ2v) is 7.03. The summed E-state index contributed by atoms with van der Waals surface area (Å²) in [5.74, 6) is -0.682. The van der Waals surface area contributed by atoms with Crippen molar-refractivity contribution in [2.24, 2.45) is 0 Å². The highest BCUT2D eigenvalue weighted by atomic mass is 32.2. The van der Waals surface area contributed by atoms with Crippen LogP contribution in [0.2, 0.25) is 0 Å². The lowest BCUT2D eigenvalue weighted by Crippen LogP contribution is -2.44. The van der Waals surface area contributed by atoms with E-state index < -0.39 is 22.0 Å². The first-order valence-corrected chi connectivity index (χ1v) is 8.49. The molecule has 0 radical (unpaired) electrons. The van der Waals surface area contributed by atoms with Crippen molar-refractivity contribution >= 4 is 15.9 Å². The second kappa shape index (κ2) is 6.55. The Bertz CT molecular complexity index is 598. The molecule has 2 rings (SSSR count). The number of rotatable bonds is 5. The first-order chi connectivity index (χ1) is 10.0. The molecule has 1 saturated heterocycles. The number of sulfonamides is 1. The van der Waals surface area contributed by atoms with E-state index in [0.717, 1.165) is 22.7 Å². The van der Waals surface area contributed by atoms with E-state index in [4.69, 9.17) is 5.21 Å². The summed E-state index contributed by atoms with van der Waals surface area (Å²) in [5, 5.41) is 8.72. The van der Waals surface area contributed by atoms with Crippen LogP contribution in [0.15, 0.2) is 29.2 Å². The molecule has 1 aliphatic heterocycles. The molecule has 0 bridgehead atoms. The lowest BCUT2D eigenvalue weighted by Gasteiger charge is -2.22. The molecule has 1 unspecified atom stereocenters. The van der Waals surface area contributed by atoms with E-state index in [2.05, 4.69) is 6.92 Å². The molecular weight excluding hydrogens is 292 g/mol. The Morgan fingerprint density at radius 1 is 1.38 bits per heavy atom. The average molecular weight is 312 g/mol. The summed E-state index contributed by atoms with van der Waals surface area (Å²) >= 11 is 0. The summed E-state index contributed by atoms with van der Waals surface area (Å²) in [6.07, 6.45) is 2.92. The number of carbonyl (C=O) groups excluding carboxylic acids is 1. The Labute approximate surface area is 124 Å². The van der Waals surface area contributed by atoms with Crippen LogP contribution in [0.4, 0.5) is 0 Å². The summed E-state index contributed by atoms with van der Waals surface area (Å²) in [4.78, 5) is 11.8. The monoisotopic (exact) mass is 312 g/mol. The molecule has 1 aliphatic rings. The smallest absolute Gasteiger partial charge is 0.261 e. The highest BCUT2D eigenvalue weighted by Crippen LogP contribution is 2.26. The van der Waals surface area contributed by atoms with Crippen LogP contribution in [0.1, 0.15) is 31.7 Å². The van der Waals surface area contributed by atoms with Gasteiger partial charge in [0, 0.05) is 6.54 Å². The van der Waals surface area contributed by atoms with Crippen LogP contribution in [0, 0.1) is 0 Å². The Balaban J connectivity index is 2.26. The Kier molecular flexibility index (Phi) is 4.97. The van der Waals surface area contributed by atoms with Gasteiger partial charge in [-0.25, -0.2) is 13.9 Å². The molecule has 116 valence electrons. The number of amides is 1. The minimum Gasteiger partial charge on any atom is -0.289 e.